The molecular formula is C9H5BrS3. The van der Waals surface area contributed by atoms with E-state index >= 15 is 0 Å². The second-order valence-electron chi connectivity index (χ2n) is 2.88. The molecule has 0 N–H and O–H groups in total. The minimum Gasteiger partial charge on any atom is -0.141 e. The quantitative estimate of drug-likeness (QED) is 0.530. The fraction of sp³-hybridized carbons (Fsp3) is 0.111. The summed E-state index contributed by atoms with van der Waals surface area (Å²) in [6, 6.07) is 2.21. The highest BCUT2D eigenvalue weighted by Gasteiger charge is 2.12. The Morgan fingerprint density at radius 1 is 1.15 bits per heavy atom. The summed E-state index contributed by atoms with van der Waals surface area (Å²) < 4.78 is 7.09. The molecule has 3 aromatic rings. The summed E-state index contributed by atoms with van der Waals surface area (Å²) in [5.41, 5.74) is 1.40. The molecule has 3 aromatic heterocycles. The van der Waals surface area contributed by atoms with E-state index in [2.05, 4.69) is 34.3 Å². The van der Waals surface area contributed by atoms with Gasteiger partial charge in [0.1, 0.15) is 0 Å². The Labute approximate surface area is 95.9 Å². The molecule has 0 aromatic carbocycles. The van der Waals surface area contributed by atoms with Crippen molar-refractivity contribution >= 4 is 68.7 Å². The third-order valence-electron chi connectivity index (χ3n) is 2.08. The van der Waals surface area contributed by atoms with Gasteiger partial charge in [-0.05, 0) is 39.9 Å². The van der Waals surface area contributed by atoms with Gasteiger partial charge in [0.05, 0.1) is 17.9 Å². The topological polar surface area (TPSA) is 0 Å². The van der Waals surface area contributed by atoms with Gasteiger partial charge in [0.2, 0.25) is 0 Å². The smallest absolute Gasteiger partial charge is 0.0749 e. The van der Waals surface area contributed by atoms with Gasteiger partial charge in [-0.3, -0.25) is 0 Å². The number of fused-ring (bicyclic) bond motifs is 3. The van der Waals surface area contributed by atoms with Gasteiger partial charge in [-0.15, -0.1) is 34.0 Å². The fourth-order valence-electron chi connectivity index (χ4n) is 1.40. The Morgan fingerprint density at radius 2 is 2.00 bits per heavy atom. The molecule has 0 saturated heterocycles. The average Bonchev–Trinajstić information content (AvgIpc) is 2.70. The maximum Gasteiger partial charge on any atom is 0.0749 e. The number of aryl methyl sites for hydroxylation is 1. The molecule has 3 rings (SSSR count). The molecule has 0 unspecified atom stereocenters. The summed E-state index contributed by atoms with van der Waals surface area (Å²) in [6.45, 7) is 2.18. The van der Waals surface area contributed by atoms with E-state index < -0.39 is 0 Å². The molecule has 0 bridgehead atoms. The van der Waals surface area contributed by atoms with Crippen LogP contribution < -0.4 is 0 Å². The van der Waals surface area contributed by atoms with Crippen molar-refractivity contribution in [2.75, 3.05) is 0 Å². The maximum atomic E-state index is 3.59. The summed E-state index contributed by atoms with van der Waals surface area (Å²) in [5.74, 6) is 0. The predicted octanol–water partition coefficient (Wildman–Crippen LogP) is 5.25. The molecule has 0 spiro atoms. The molecule has 0 aliphatic heterocycles. The van der Waals surface area contributed by atoms with Gasteiger partial charge in [0, 0.05) is 4.70 Å². The third-order valence-corrected chi connectivity index (χ3v) is 6.85. The predicted molar refractivity (Wildman–Crippen MR) is 67.5 cm³/mol. The monoisotopic (exact) mass is 288 g/mol. The van der Waals surface area contributed by atoms with Gasteiger partial charge in [0.25, 0.3) is 0 Å². The minimum atomic E-state index is 1.28. The minimum absolute atomic E-state index is 1.28. The molecule has 0 fully saturated rings. The first-order valence-corrected chi connectivity index (χ1v) is 7.12. The second-order valence-corrected chi connectivity index (χ2v) is 7.18. The first-order valence-electron chi connectivity index (χ1n) is 3.82. The van der Waals surface area contributed by atoms with E-state index in [0.717, 1.165) is 0 Å². The molecule has 0 nitrogen and oxygen atoms in total. The first kappa shape index (κ1) is 8.41. The van der Waals surface area contributed by atoms with Crippen molar-refractivity contribution in [3.8, 4) is 0 Å². The standard InChI is InChI=1S/C9H5BrS3/c1-4-6-8(13-9(4)10)7-5(12-6)2-3-11-7/h2-3H,1H3. The number of halogens is 1. The number of rotatable bonds is 0. The Kier molecular flexibility index (Phi) is 1.81. The number of hydrogen-bond donors (Lipinski definition) is 0. The molecule has 0 saturated carbocycles. The molecule has 0 radical (unpaired) electrons. The van der Waals surface area contributed by atoms with Gasteiger partial charge in [-0.2, -0.15) is 0 Å². The molecule has 66 valence electrons. The van der Waals surface area contributed by atoms with Gasteiger partial charge in [0.15, 0.2) is 0 Å². The SMILES string of the molecule is Cc1c(Br)sc2c1sc1ccsc12. The van der Waals surface area contributed by atoms with Gasteiger partial charge < -0.3 is 0 Å². The van der Waals surface area contributed by atoms with Crippen LogP contribution in [-0.2, 0) is 0 Å². The van der Waals surface area contributed by atoms with Gasteiger partial charge >= 0.3 is 0 Å². The van der Waals surface area contributed by atoms with Crippen LogP contribution in [0, 0.1) is 6.92 Å². The summed E-state index contributed by atoms with van der Waals surface area (Å²) in [4.78, 5) is 0. The van der Waals surface area contributed by atoms with E-state index in [4.69, 9.17) is 0 Å². The van der Waals surface area contributed by atoms with Crippen molar-refractivity contribution in [2.24, 2.45) is 0 Å². The van der Waals surface area contributed by atoms with Crippen molar-refractivity contribution in [3.63, 3.8) is 0 Å². The van der Waals surface area contributed by atoms with Crippen LogP contribution in [0.5, 0.6) is 0 Å². The fourth-order valence-corrected chi connectivity index (χ4v) is 5.90. The Morgan fingerprint density at radius 3 is 2.85 bits per heavy atom. The second kappa shape index (κ2) is 2.79. The highest BCUT2D eigenvalue weighted by Crippen LogP contribution is 2.46. The molecule has 4 heteroatoms. The van der Waals surface area contributed by atoms with E-state index in [0.29, 0.717) is 0 Å². The zero-order valence-electron chi connectivity index (χ0n) is 6.76. The zero-order chi connectivity index (χ0) is 9.00. The van der Waals surface area contributed by atoms with Crippen LogP contribution in [-0.4, -0.2) is 0 Å². The van der Waals surface area contributed by atoms with Crippen molar-refractivity contribution in [1.29, 1.82) is 0 Å². The van der Waals surface area contributed by atoms with Gasteiger partial charge in [-0.25, -0.2) is 0 Å². The normalized spacial score (nSPS) is 11.8. The van der Waals surface area contributed by atoms with Crippen LogP contribution in [0.2, 0.25) is 0 Å². The lowest BCUT2D eigenvalue weighted by molar-refractivity contribution is 1.59. The van der Waals surface area contributed by atoms with Crippen LogP contribution in [0.15, 0.2) is 15.2 Å². The third kappa shape index (κ3) is 1.06. The Hall–Kier alpha value is 0.1000. The van der Waals surface area contributed by atoms with E-state index in [9.17, 15) is 0 Å². The molecule has 0 aliphatic rings. The lowest BCUT2D eigenvalue weighted by atomic mass is 10.3. The van der Waals surface area contributed by atoms with Crippen LogP contribution >= 0.6 is 49.9 Å². The van der Waals surface area contributed by atoms with Crippen LogP contribution in [0.4, 0.5) is 0 Å². The Balaban J connectivity index is 2.63. The summed E-state index contributed by atoms with van der Waals surface area (Å²) in [6.07, 6.45) is 0. The van der Waals surface area contributed by atoms with Crippen LogP contribution in [0.1, 0.15) is 5.56 Å². The van der Waals surface area contributed by atoms with E-state index in [1.807, 2.05) is 34.0 Å². The largest absolute Gasteiger partial charge is 0.141 e. The van der Waals surface area contributed by atoms with Crippen molar-refractivity contribution in [2.45, 2.75) is 6.92 Å². The first-order chi connectivity index (χ1) is 6.27. The number of thiophene rings is 3. The molecule has 0 amide bonds. The lowest BCUT2D eigenvalue weighted by Crippen LogP contribution is -1.58. The van der Waals surface area contributed by atoms with Crippen molar-refractivity contribution in [3.05, 3.63) is 20.8 Å². The summed E-state index contributed by atoms with van der Waals surface area (Å²) in [5, 5.41) is 2.17. The van der Waals surface area contributed by atoms with E-state index in [-0.39, 0.29) is 0 Å². The highest BCUT2D eigenvalue weighted by molar-refractivity contribution is 9.11. The summed E-state index contributed by atoms with van der Waals surface area (Å²) >= 11 is 9.20. The van der Waals surface area contributed by atoms with Crippen molar-refractivity contribution in [1.82, 2.24) is 0 Å². The highest BCUT2D eigenvalue weighted by atomic mass is 79.9. The van der Waals surface area contributed by atoms with Gasteiger partial charge in [-0.1, -0.05) is 0 Å². The lowest BCUT2D eigenvalue weighted by Gasteiger charge is -1.82. The van der Waals surface area contributed by atoms with E-state index in [1.54, 1.807) is 0 Å². The average molecular weight is 289 g/mol. The summed E-state index contributed by atoms with van der Waals surface area (Å²) in [7, 11) is 0. The van der Waals surface area contributed by atoms with Crippen LogP contribution in [0.3, 0.4) is 0 Å². The van der Waals surface area contributed by atoms with Crippen LogP contribution in [0.25, 0.3) is 18.8 Å². The maximum absolute atomic E-state index is 3.59. The molecule has 13 heavy (non-hydrogen) atoms. The molecule has 0 aliphatic carbocycles. The molecular weight excluding hydrogens is 284 g/mol. The Bertz CT molecular complexity index is 584. The molecule has 3 heterocycles. The van der Waals surface area contributed by atoms with E-state index in [1.165, 1.54) is 28.1 Å². The molecule has 0 atom stereocenters. The number of hydrogen-bond acceptors (Lipinski definition) is 3. The zero-order valence-corrected chi connectivity index (χ0v) is 10.8. The van der Waals surface area contributed by atoms with Crippen molar-refractivity contribution < 1.29 is 0 Å².